The zero-order valence-corrected chi connectivity index (χ0v) is 12.3. The fourth-order valence-electron chi connectivity index (χ4n) is 2.27. The van der Waals surface area contributed by atoms with Gasteiger partial charge in [0.2, 0.25) is 0 Å². The number of rotatable bonds is 2. The number of nitrogens with one attached hydrogen (secondary N) is 1. The highest BCUT2D eigenvalue weighted by molar-refractivity contribution is 5.13. The van der Waals surface area contributed by atoms with Crippen molar-refractivity contribution in [2.24, 2.45) is 5.92 Å². The molecule has 0 amide bonds. The maximum atomic E-state index is 12.6. The molecule has 2 heterocycles. The maximum Gasteiger partial charge on any atom is 0.415 e. The fraction of sp³-hybridized carbons (Fsp3) is 0.692. The lowest BCUT2D eigenvalue weighted by molar-refractivity contribution is -0.101. The minimum absolute atomic E-state index is 0.102. The topological polar surface area (TPSA) is 78.9 Å². The van der Waals surface area contributed by atoms with Crippen molar-refractivity contribution in [3.8, 4) is 0 Å². The lowest BCUT2D eigenvalue weighted by Gasteiger charge is -2.32. The van der Waals surface area contributed by atoms with E-state index in [9.17, 15) is 13.2 Å². The SMILES string of the molecule is C=O.C=O.CC1CC(N2C=C(C(F)(F)F)CNC2)OC1CO. The molecule has 6 nitrogen and oxygen atoms in total. The molecule has 0 aromatic heterocycles. The van der Waals surface area contributed by atoms with Crippen LogP contribution in [0.5, 0.6) is 0 Å². The van der Waals surface area contributed by atoms with Crippen molar-refractivity contribution in [1.82, 2.24) is 10.2 Å². The number of nitrogens with zero attached hydrogens (tertiary/aromatic N) is 1. The van der Waals surface area contributed by atoms with Crippen LogP contribution in [0.1, 0.15) is 13.3 Å². The monoisotopic (exact) mass is 326 g/mol. The van der Waals surface area contributed by atoms with Crippen LogP contribution < -0.4 is 5.32 Å². The molecule has 2 aliphatic heterocycles. The second-order valence-corrected chi connectivity index (χ2v) is 4.78. The molecule has 0 aliphatic carbocycles. The van der Waals surface area contributed by atoms with Gasteiger partial charge in [-0.05, 0) is 12.3 Å². The lowest BCUT2D eigenvalue weighted by atomic mass is 10.0. The Bertz CT molecular complexity index is 364. The van der Waals surface area contributed by atoms with E-state index in [-0.39, 0.29) is 25.2 Å². The third kappa shape index (κ3) is 5.39. The van der Waals surface area contributed by atoms with Crippen LogP contribution in [0.4, 0.5) is 13.2 Å². The van der Waals surface area contributed by atoms with E-state index in [1.807, 2.05) is 20.5 Å². The van der Waals surface area contributed by atoms with E-state index in [4.69, 9.17) is 19.4 Å². The van der Waals surface area contributed by atoms with E-state index < -0.39 is 18.0 Å². The number of ether oxygens (including phenoxy) is 1. The van der Waals surface area contributed by atoms with Crippen LogP contribution >= 0.6 is 0 Å². The van der Waals surface area contributed by atoms with Crippen LogP contribution in [0.25, 0.3) is 0 Å². The number of carbonyl (C=O) groups excluding carboxylic acids is 2. The molecule has 9 heteroatoms. The Balaban J connectivity index is 0.00000102. The first kappa shape index (κ1) is 20.6. The first-order valence-corrected chi connectivity index (χ1v) is 6.50. The van der Waals surface area contributed by atoms with Crippen molar-refractivity contribution in [1.29, 1.82) is 0 Å². The second-order valence-electron chi connectivity index (χ2n) is 4.78. The standard InChI is InChI=1S/C11H17F3N2O2.2CH2O/c1-7-2-10(18-9(7)5-17)16-4-8(3-15-6-16)11(12,13)14;2*1-2/h4,7,9-10,15,17H,2-3,5-6H2,1H3;2*1H2. The zero-order valence-electron chi connectivity index (χ0n) is 12.3. The van der Waals surface area contributed by atoms with Crippen molar-refractivity contribution in [2.45, 2.75) is 31.9 Å². The first-order chi connectivity index (χ1) is 10.4. The quantitative estimate of drug-likeness (QED) is 0.776. The molecular weight excluding hydrogens is 305 g/mol. The van der Waals surface area contributed by atoms with Gasteiger partial charge in [-0.1, -0.05) is 6.92 Å². The van der Waals surface area contributed by atoms with E-state index in [2.05, 4.69) is 5.32 Å². The molecule has 2 N–H and O–H groups in total. The summed E-state index contributed by atoms with van der Waals surface area (Å²) in [4.78, 5) is 17.5. The fourth-order valence-corrected chi connectivity index (χ4v) is 2.27. The van der Waals surface area contributed by atoms with Gasteiger partial charge in [0.1, 0.15) is 19.8 Å². The van der Waals surface area contributed by atoms with Gasteiger partial charge in [0.05, 0.1) is 25.0 Å². The number of hydrogen-bond acceptors (Lipinski definition) is 6. The molecular formula is C13H21F3N2O4. The molecule has 1 fully saturated rings. The van der Waals surface area contributed by atoms with Crippen LogP contribution in [0.2, 0.25) is 0 Å². The molecule has 0 radical (unpaired) electrons. The van der Waals surface area contributed by atoms with Gasteiger partial charge in [0, 0.05) is 12.7 Å². The van der Waals surface area contributed by atoms with Crippen LogP contribution in [-0.4, -0.2) is 61.9 Å². The summed E-state index contributed by atoms with van der Waals surface area (Å²) >= 11 is 0. The summed E-state index contributed by atoms with van der Waals surface area (Å²) in [6, 6.07) is 0. The van der Waals surface area contributed by atoms with Gasteiger partial charge in [-0.15, -0.1) is 0 Å². The smallest absolute Gasteiger partial charge is 0.394 e. The van der Waals surface area contributed by atoms with Crippen molar-refractivity contribution >= 4 is 13.6 Å². The summed E-state index contributed by atoms with van der Waals surface area (Å²) in [7, 11) is 0. The highest BCUT2D eigenvalue weighted by Crippen LogP contribution is 2.31. The molecule has 0 bridgehead atoms. The Hall–Kier alpha value is -1.45. The molecule has 22 heavy (non-hydrogen) atoms. The number of aliphatic hydroxyl groups is 1. The highest BCUT2D eigenvalue weighted by atomic mass is 19.4. The molecule has 2 aliphatic rings. The van der Waals surface area contributed by atoms with E-state index >= 15 is 0 Å². The normalized spacial score (nSPS) is 28.0. The predicted octanol–water partition coefficient (Wildman–Crippen LogP) is 0.669. The lowest BCUT2D eigenvalue weighted by Crippen LogP contribution is -2.45. The molecule has 3 atom stereocenters. The second kappa shape index (κ2) is 9.54. The van der Waals surface area contributed by atoms with Gasteiger partial charge in [-0.2, -0.15) is 13.2 Å². The summed E-state index contributed by atoms with van der Waals surface area (Å²) in [5, 5.41) is 11.8. The molecule has 128 valence electrons. The maximum absolute atomic E-state index is 12.6. The summed E-state index contributed by atoms with van der Waals surface area (Å²) in [6.07, 6.45) is -3.27. The summed E-state index contributed by atoms with van der Waals surface area (Å²) < 4.78 is 43.4. The van der Waals surface area contributed by atoms with Crippen LogP contribution in [0.15, 0.2) is 11.8 Å². The highest BCUT2D eigenvalue weighted by Gasteiger charge is 2.39. The zero-order chi connectivity index (χ0) is 17.3. The molecule has 3 unspecified atom stereocenters. The van der Waals surface area contributed by atoms with Gasteiger partial charge in [-0.25, -0.2) is 0 Å². The first-order valence-electron chi connectivity index (χ1n) is 6.50. The third-order valence-corrected chi connectivity index (χ3v) is 3.39. The van der Waals surface area contributed by atoms with Crippen LogP contribution in [0.3, 0.4) is 0 Å². The molecule has 0 spiro atoms. The van der Waals surface area contributed by atoms with Gasteiger partial charge in [0.15, 0.2) is 0 Å². The van der Waals surface area contributed by atoms with Gasteiger partial charge in [0.25, 0.3) is 0 Å². The Morgan fingerprint density at radius 3 is 2.45 bits per heavy atom. The Morgan fingerprint density at radius 2 is 2.00 bits per heavy atom. The summed E-state index contributed by atoms with van der Waals surface area (Å²) in [5.41, 5.74) is -0.600. The molecule has 0 aromatic carbocycles. The average Bonchev–Trinajstić information content (AvgIpc) is 2.92. The molecule has 0 aromatic rings. The summed E-state index contributed by atoms with van der Waals surface area (Å²) in [6.45, 7) is 5.97. The van der Waals surface area contributed by atoms with E-state index in [0.29, 0.717) is 13.1 Å². The van der Waals surface area contributed by atoms with Crippen molar-refractivity contribution in [3.63, 3.8) is 0 Å². The van der Waals surface area contributed by atoms with Crippen LogP contribution in [-0.2, 0) is 14.3 Å². The Morgan fingerprint density at radius 1 is 1.41 bits per heavy atom. The molecule has 2 rings (SSSR count). The van der Waals surface area contributed by atoms with Crippen molar-refractivity contribution < 1.29 is 32.6 Å². The molecule has 1 saturated heterocycles. The molecule has 0 saturated carbocycles. The largest absolute Gasteiger partial charge is 0.415 e. The Labute approximate surface area is 126 Å². The Kier molecular flexibility index (Phi) is 8.91. The number of halogens is 3. The minimum Gasteiger partial charge on any atom is -0.394 e. The van der Waals surface area contributed by atoms with E-state index in [0.717, 1.165) is 6.20 Å². The van der Waals surface area contributed by atoms with Gasteiger partial charge < -0.3 is 24.3 Å². The van der Waals surface area contributed by atoms with Crippen molar-refractivity contribution in [3.05, 3.63) is 11.8 Å². The summed E-state index contributed by atoms with van der Waals surface area (Å²) in [5.74, 6) is 0.143. The number of alkyl halides is 3. The predicted molar refractivity (Wildman–Crippen MR) is 72.6 cm³/mol. The van der Waals surface area contributed by atoms with Crippen molar-refractivity contribution in [2.75, 3.05) is 19.8 Å². The van der Waals surface area contributed by atoms with E-state index in [1.54, 1.807) is 0 Å². The third-order valence-electron chi connectivity index (χ3n) is 3.39. The van der Waals surface area contributed by atoms with Gasteiger partial charge in [-0.3, -0.25) is 5.32 Å². The van der Waals surface area contributed by atoms with Gasteiger partial charge >= 0.3 is 6.18 Å². The number of aliphatic hydroxyl groups excluding tert-OH is 1. The minimum atomic E-state index is -4.31. The number of hydrogen-bond donors (Lipinski definition) is 2. The van der Waals surface area contributed by atoms with E-state index in [1.165, 1.54) is 4.90 Å². The average molecular weight is 326 g/mol. The van der Waals surface area contributed by atoms with Crippen LogP contribution in [0, 0.1) is 5.92 Å². The number of carbonyl (C=O) groups is 2.